The number of hydrogen-bond acceptors (Lipinski definition) is 5. The van der Waals surface area contributed by atoms with Gasteiger partial charge in [0.05, 0.1) is 18.0 Å². The van der Waals surface area contributed by atoms with Crippen LogP contribution in [-0.4, -0.2) is 59.7 Å². The second kappa shape index (κ2) is 9.19. The highest BCUT2D eigenvalue weighted by Gasteiger charge is 2.28. The monoisotopic (exact) mass is 414 g/mol. The third-order valence-electron chi connectivity index (χ3n) is 5.24. The SMILES string of the molecule is Cc1ccc(CC(=O)N2CCN(C(C)C(=O)Nc3sccc3C(N)=O)CC2)cc1. The molecule has 1 aromatic heterocycles. The van der Waals surface area contributed by atoms with Crippen LogP contribution in [0.1, 0.15) is 28.4 Å². The maximum absolute atomic E-state index is 12.6. The molecule has 1 atom stereocenters. The Hall–Kier alpha value is -2.71. The van der Waals surface area contributed by atoms with Gasteiger partial charge in [-0.15, -0.1) is 11.3 Å². The van der Waals surface area contributed by atoms with Gasteiger partial charge < -0.3 is 16.0 Å². The van der Waals surface area contributed by atoms with Crippen LogP contribution in [0, 0.1) is 6.92 Å². The Morgan fingerprint density at radius 1 is 1.10 bits per heavy atom. The van der Waals surface area contributed by atoms with Gasteiger partial charge in [-0.2, -0.15) is 0 Å². The number of amides is 3. The second-order valence-corrected chi connectivity index (χ2v) is 8.19. The van der Waals surface area contributed by atoms with Gasteiger partial charge in [0, 0.05) is 26.2 Å². The van der Waals surface area contributed by atoms with E-state index < -0.39 is 5.91 Å². The summed E-state index contributed by atoms with van der Waals surface area (Å²) in [4.78, 5) is 40.5. The molecular weight excluding hydrogens is 388 g/mol. The summed E-state index contributed by atoms with van der Waals surface area (Å²) in [5.74, 6) is -0.639. The summed E-state index contributed by atoms with van der Waals surface area (Å²) in [5, 5.41) is 4.99. The predicted octanol–water partition coefficient (Wildman–Crippen LogP) is 1.87. The van der Waals surface area contributed by atoms with Crippen LogP contribution in [0.3, 0.4) is 0 Å². The lowest BCUT2D eigenvalue weighted by molar-refractivity contribution is -0.133. The Kier molecular flexibility index (Phi) is 6.66. The fourth-order valence-electron chi connectivity index (χ4n) is 3.33. The van der Waals surface area contributed by atoms with Crippen molar-refractivity contribution in [3.8, 4) is 0 Å². The number of nitrogens with zero attached hydrogens (tertiary/aromatic N) is 2. The Morgan fingerprint density at radius 3 is 2.38 bits per heavy atom. The van der Waals surface area contributed by atoms with E-state index in [4.69, 9.17) is 5.73 Å². The van der Waals surface area contributed by atoms with Crippen LogP contribution < -0.4 is 11.1 Å². The summed E-state index contributed by atoms with van der Waals surface area (Å²) < 4.78 is 0. The fourth-order valence-corrected chi connectivity index (χ4v) is 4.13. The van der Waals surface area contributed by atoms with E-state index in [1.807, 2.05) is 47.9 Å². The summed E-state index contributed by atoms with van der Waals surface area (Å²) in [5.41, 5.74) is 7.83. The lowest BCUT2D eigenvalue weighted by atomic mass is 10.1. The summed E-state index contributed by atoms with van der Waals surface area (Å²) in [7, 11) is 0. The van der Waals surface area contributed by atoms with Gasteiger partial charge in [-0.25, -0.2) is 0 Å². The molecule has 0 aliphatic carbocycles. The van der Waals surface area contributed by atoms with E-state index in [0.29, 0.717) is 43.2 Å². The first-order valence-electron chi connectivity index (χ1n) is 9.60. The predicted molar refractivity (Wildman–Crippen MR) is 114 cm³/mol. The van der Waals surface area contributed by atoms with Crippen molar-refractivity contribution in [2.24, 2.45) is 5.73 Å². The number of hydrogen-bond donors (Lipinski definition) is 2. The molecule has 1 fully saturated rings. The molecule has 1 aromatic carbocycles. The zero-order valence-corrected chi connectivity index (χ0v) is 17.5. The summed E-state index contributed by atoms with van der Waals surface area (Å²) in [6, 6.07) is 9.23. The van der Waals surface area contributed by atoms with Crippen LogP contribution >= 0.6 is 11.3 Å². The minimum Gasteiger partial charge on any atom is -0.366 e. The largest absolute Gasteiger partial charge is 0.366 e. The van der Waals surface area contributed by atoms with Gasteiger partial charge in [-0.05, 0) is 30.9 Å². The zero-order valence-electron chi connectivity index (χ0n) is 16.7. The number of nitrogens with two attached hydrogens (primary N) is 1. The number of thiophene rings is 1. The average Bonchev–Trinajstić information content (AvgIpc) is 3.17. The Balaban J connectivity index is 1.50. The molecule has 1 saturated heterocycles. The first kappa shape index (κ1) is 21.0. The molecule has 7 nitrogen and oxygen atoms in total. The van der Waals surface area contributed by atoms with E-state index in [1.165, 1.54) is 16.9 Å². The number of aryl methyl sites for hydroxylation is 1. The van der Waals surface area contributed by atoms with Gasteiger partial charge in [0.15, 0.2) is 0 Å². The number of carbonyl (C=O) groups is 3. The van der Waals surface area contributed by atoms with Gasteiger partial charge in [0.25, 0.3) is 5.91 Å². The van der Waals surface area contributed by atoms with E-state index in [0.717, 1.165) is 5.56 Å². The Morgan fingerprint density at radius 2 is 1.76 bits per heavy atom. The molecule has 1 unspecified atom stereocenters. The molecular formula is C21H26N4O3S. The first-order valence-corrected chi connectivity index (χ1v) is 10.5. The first-order chi connectivity index (χ1) is 13.8. The van der Waals surface area contributed by atoms with Gasteiger partial charge in [-0.1, -0.05) is 29.8 Å². The summed E-state index contributed by atoms with van der Waals surface area (Å²) in [6.45, 7) is 6.29. The number of rotatable bonds is 6. The highest BCUT2D eigenvalue weighted by molar-refractivity contribution is 7.14. The molecule has 1 aliphatic heterocycles. The molecule has 154 valence electrons. The van der Waals surface area contributed by atoms with Crippen LogP contribution in [0.5, 0.6) is 0 Å². The van der Waals surface area contributed by atoms with Crippen LogP contribution in [-0.2, 0) is 16.0 Å². The van der Waals surface area contributed by atoms with E-state index in [2.05, 4.69) is 5.32 Å². The van der Waals surface area contributed by atoms with E-state index >= 15 is 0 Å². The van der Waals surface area contributed by atoms with Crippen molar-refractivity contribution in [3.63, 3.8) is 0 Å². The van der Waals surface area contributed by atoms with Crippen molar-refractivity contribution in [3.05, 3.63) is 52.4 Å². The number of carbonyl (C=O) groups excluding carboxylic acids is 3. The van der Waals surface area contributed by atoms with Gasteiger partial charge in [-0.3, -0.25) is 19.3 Å². The number of piperazine rings is 1. The maximum Gasteiger partial charge on any atom is 0.251 e. The number of benzene rings is 1. The molecule has 0 spiro atoms. The quantitative estimate of drug-likeness (QED) is 0.754. The Bertz CT molecular complexity index is 886. The fraction of sp³-hybridized carbons (Fsp3) is 0.381. The molecule has 3 rings (SSSR count). The average molecular weight is 415 g/mol. The van der Waals surface area contributed by atoms with Crippen LogP contribution in [0.25, 0.3) is 0 Å². The second-order valence-electron chi connectivity index (χ2n) is 7.27. The molecule has 0 radical (unpaired) electrons. The summed E-state index contributed by atoms with van der Waals surface area (Å²) in [6.07, 6.45) is 0.393. The van der Waals surface area contributed by atoms with Crippen LogP contribution in [0.4, 0.5) is 5.00 Å². The van der Waals surface area contributed by atoms with Crippen molar-refractivity contribution >= 4 is 34.1 Å². The van der Waals surface area contributed by atoms with Crippen molar-refractivity contribution in [2.75, 3.05) is 31.5 Å². The molecule has 8 heteroatoms. The van der Waals surface area contributed by atoms with Gasteiger partial charge in [0.1, 0.15) is 5.00 Å². The molecule has 0 saturated carbocycles. The number of anilines is 1. The number of primary amides is 1. The third kappa shape index (κ3) is 5.21. The van der Waals surface area contributed by atoms with Crippen molar-refractivity contribution in [1.82, 2.24) is 9.80 Å². The summed E-state index contributed by atoms with van der Waals surface area (Å²) >= 11 is 1.27. The van der Waals surface area contributed by atoms with Crippen molar-refractivity contribution in [2.45, 2.75) is 26.3 Å². The molecule has 3 amide bonds. The van der Waals surface area contributed by atoms with Crippen LogP contribution in [0.2, 0.25) is 0 Å². The minimum absolute atomic E-state index is 0.107. The number of nitrogens with one attached hydrogen (secondary N) is 1. The van der Waals surface area contributed by atoms with Crippen molar-refractivity contribution < 1.29 is 14.4 Å². The standard InChI is InChI=1S/C21H26N4O3S/c1-14-3-5-16(6-4-14)13-18(26)25-10-8-24(9-11-25)15(2)20(28)23-21-17(19(22)27)7-12-29-21/h3-7,12,15H,8-11,13H2,1-2H3,(H2,22,27)(H,23,28). The van der Waals surface area contributed by atoms with E-state index in [9.17, 15) is 14.4 Å². The highest BCUT2D eigenvalue weighted by Crippen LogP contribution is 2.23. The molecule has 2 aromatic rings. The van der Waals surface area contributed by atoms with E-state index in [1.54, 1.807) is 11.4 Å². The molecule has 2 heterocycles. The Labute approximate surface area is 174 Å². The molecule has 0 bridgehead atoms. The van der Waals surface area contributed by atoms with E-state index in [-0.39, 0.29) is 17.9 Å². The minimum atomic E-state index is -0.560. The third-order valence-corrected chi connectivity index (χ3v) is 6.07. The normalized spacial score (nSPS) is 15.7. The molecule has 29 heavy (non-hydrogen) atoms. The van der Waals surface area contributed by atoms with Gasteiger partial charge >= 0.3 is 0 Å². The van der Waals surface area contributed by atoms with Gasteiger partial charge in [0.2, 0.25) is 11.8 Å². The lowest BCUT2D eigenvalue weighted by Gasteiger charge is -2.37. The van der Waals surface area contributed by atoms with Crippen molar-refractivity contribution in [1.29, 1.82) is 0 Å². The molecule has 3 N–H and O–H groups in total. The highest BCUT2D eigenvalue weighted by atomic mass is 32.1. The molecule has 1 aliphatic rings. The topological polar surface area (TPSA) is 95.7 Å². The zero-order chi connectivity index (χ0) is 21.0. The maximum atomic E-state index is 12.6. The van der Waals surface area contributed by atoms with Crippen LogP contribution in [0.15, 0.2) is 35.7 Å². The lowest BCUT2D eigenvalue weighted by Crippen LogP contribution is -2.54. The smallest absolute Gasteiger partial charge is 0.251 e.